The summed E-state index contributed by atoms with van der Waals surface area (Å²) in [5.41, 5.74) is -3.97. The molecule has 0 aliphatic carbocycles. The Bertz CT molecular complexity index is 462. The van der Waals surface area contributed by atoms with Gasteiger partial charge in [0.1, 0.15) is 0 Å². The Morgan fingerprint density at radius 3 is 2.65 bits per heavy atom. The van der Waals surface area contributed by atoms with Crippen LogP contribution in [0.4, 0.5) is 18.9 Å². The lowest BCUT2D eigenvalue weighted by molar-refractivity contribution is -0.0553. The van der Waals surface area contributed by atoms with E-state index in [-0.39, 0.29) is 28.3 Å². The molecular formula is C14H18F3NOS. The van der Waals surface area contributed by atoms with E-state index in [1.165, 1.54) is 6.07 Å². The minimum Gasteiger partial charge on any atom is -0.381 e. The molecule has 1 aliphatic rings. The number of hydrogen-bond donors (Lipinski definition) is 1. The Hall–Kier alpha value is -0.880. The summed E-state index contributed by atoms with van der Waals surface area (Å²) in [7, 11) is 0. The van der Waals surface area contributed by atoms with Crippen molar-refractivity contribution < 1.29 is 17.9 Å². The van der Waals surface area contributed by atoms with Crippen molar-refractivity contribution >= 4 is 17.4 Å². The fourth-order valence-corrected chi connectivity index (χ4v) is 3.01. The maximum Gasteiger partial charge on any atom is 0.446 e. The second-order valence-electron chi connectivity index (χ2n) is 5.49. The first-order chi connectivity index (χ1) is 9.25. The van der Waals surface area contributed by atoms with Gasteiger partial charge in [0.15, 0.2) is 0 Å². The summed E-state index contributed by atoms with van der Waals surface area (Å²) < 4.78 is 43.2. The van der Waals surface area contributed by atoms with E-state index in [9.17, 15) is 13.2 Å². The van der Waals surface area contributed by atoms with E-state index in [1.807, 2.05) is 13.8 Å². The van der Waals surface area contributed by atoms with Gasteiger partial charge in [0.05, 0.1) is 5.60 Å². The Kier molecular flexibility index (Phi) is 4.54. The van der Waals surface area contributed by atoms with Gasteiger partial charge in [-0.15, -0.1) is 0 Å². The number of rotatable bonds is 3. The standard InChI is InChI=1S/C14H18F3NOS/c1-13(2)9-10(7-8-19-13)18-11-5-3-4-6-12(11)20-14(15,16)17/h3-6,10,18H,7-9H2,1-2H3. The van der Waals surface area contributed by atoms with Gasteiger partial charge in [-0.25, -0.2) is 0 Å². The number of benzene rings is 1. The summed E-state index contributed by atoms with van der Waals surface area (Å²) in [5.74, 6) is 0. The number of anilines is 1. The number of halogens is 3. The molecule has 2 nitrogen and oxygen atoms in total. The second kappa shape index (κ2) is 5.85. The van der Waals surface area contributed by atoms with Crippen molar-refractivity contribution in [1.82, 2.24) is 0 Å². The highest BCUT2D eigenvalue weighted by Gasteiger charge is 2.32. The van der Waals surface area contributed by atoms with Crippen molar-refractivity contribution in [1.29, 1.82) is 0 Å². The monoisotopic (exact) mass is 305 g/mol. The molecule has 1 fully saturated rings. The molecule has 2 rings (SSSR count). The Morgan fingerprint density at radius 2 is 2.00 bits per heavy atom. The molecule has 1 heterocycles. The van der Waals surface area contributed by atoms with Crippen LogP contribution in [0.25, 0.3) is 0 Å². The average molecular weight is 305 g/mol. The van der Waals surface area contributed by atoms with Crippen molar-refractivity contribution in [3.05, 3.63) is 24.3 Å². The lowest BCUT2D eigenvalue weighted by Crippen LogP contribution is -2.40. The Labute approximate surface area is 121 Å². The molecule has 0 aromatic heterocycles. The van der Waals surface area contributed by atoms with Gasteiger partial charge in [0.2, 0.25) is 0 Å². The van der Waals surface area contributed by atoms with Gasteiger partial charge in [0.25, 0.3) is 0 Å². The predicted octanol–water partition coefficient (Wildman–Crippen LogP) is 4.67. The topological polar surface area (TPSA) is 21.3 Å². The van der Waals surface area contributed by atoms with Crippen LogP contribution in [0.1, 0.15) is 26.7 Å². The molecule has 0 radical (unpaired) electrons. The Morgan fingerprint density at radius 1 is 1.30 bits per heavy atom. The zero-order valence-corrected chi connectivity index (χ0v) is 12.3. The molecule has 112 valence electrons. The minimum atomic E-state index is -4.27. The quantitative estimate of drug-likeness (QED) is 0.820. The summed E-state index contributed by atoms with van der Waals surface area (Å²) in [6.07, 6.45) is 1.58. The fraction of sp³-hybridized carbons (Fsp3) is 0.571. The third kappa shape index (κ3) is 4.59. The van der Waals surface area contributed by atoms with Gasteiger partial charge in [-0.1, -0.05) is 12.1 Å². The molecule has 1 aliphatic heterocycles. The first kappa shape index (κ1) is 15.5. The number of ether oxygens (including phenoxy) is 1. The number of thioether (sulfide) groups is 1. The van der Waals surface area contributed by atoms with E-state index in [2.05, 4.69) is 5.32 Å². The van der Waals surface area contributed by atoms with Crippen LogP contribution < -0.4 is 5.32 Å². The summed E-state index contributed by atoms with van der Waals surface area (Å²) in [6, 6.07) is 6.68. The highest BCUT2D eigenvalue weighted by Crippen LogP contribution is 2.41. The molecule has 6 heteroatoms. The fourth-order valence-electron chi connectivity index (χ4n) is 2.37. The summed E-state index contributed by atoms with van der Waals surface area (Å²) in [4.78, 5) is 0.212. The van der Waals surface area contributed by atoms with Crippen LogP contribution in [0.3, 0.4) is 0 Å². The highest BCUT2D eigenvalue weighted by molar-refractivity contribution is 8.00. The zero-order valence-electron chi connectivity index (χ0n) is 11.5. The Balaban J connectivity index is 2.09. The maximum absolute atomic E-state index is 12.5. The summed E-state index contributed by atoms with van der Waals surface area (Å²) in [5, 5.41) is 3.23. The first-order valence-corrected chi connectivity index (χ1v) is 7.32. The van der Waals surface area contributed by atoms with Crippen LogP contribution in [0.15, 0.2) is 29.2 Å². The van der Waals surface area contributed by atoms with Crippen LogP contribution >= 0.6 is 11.8 Å². The first-order valence-electron chi connectivity index (χ1n) is 6.50. The van der Waals surface area contributed by atoms with Crippen LogP contribution in [0.5, 0.6) is 0 Å². The van der Waals surface area contributed by atoms with Crippen LogP contribution in [0.2, 0.25) is 0 Å². The predicted molar refractivity (Wildman–Crippen MR) is 75.0 cm³/mol. The number of nitrogens with one attached hydrogen (secondary N) is 1. The van der Waals surface area contributed by atoms with Crippen molar-refractivity contribution in [2.75, 3.05) is 11.9 Å². The minimum absolute atomic E-state index is 0.0779. The van der Waals surface area contributed by atoms with Crippen molar-refractivity contribution in [3.63, 3.8) is 0 Å². The van der Waals surface area contributed by atoms with E-state index < -0.39 is 5.51 Å². The van der Waals surface area contributed by atoms with E-state index in [0.29, 0.717) is 12.3 Å². The molecule has 1 unspecified atom stereocenters. The molecule has 1 atom stereocenters. The molecular weight excluding hydrogens is 287 g/mol. The molecule has 20 heavy (non-hydrogen) atoms. The third-order valence-electron chi connectivity index (χ3n) is 3.17. The molecule has 1 aromatic carbocycles. The van der Waals surface area contributed by atoms with E-state index in [0.717, 1.165) is 12.8 Å². The maximum atomic E-state index is 12.5. The summed E-state index contributed by atoms with van der Waals surface area (Å²) >= 11 is -0.0779. The molecule has 0 amide bonds. The van der Waals surface area contributed by atoms with Crippen LogP contribution in [-0.2, 0) is 4.74 Å². The van der Waals surface area contributed by atoms with Gasteiger partial charge in [-0.3, -0.25) is 0 Å². The number of alkyl halides is 3. The van der Waals surface area contributed by atoms with Crippen molar-refractivity contribution in [2.24, 2.45) is 0 Å². The lowest BCUT2D eigenvalue weighted by atomic mass is 9.94. The smallest absolute Gasteiger partial charge is 0.381 e. The molecule has 1 N–H and O–H groups in total. The molecule has 0 saturated carbocycles. The van der Waals surface area contributed by atoms with Gasteiger partial charge in [0, 0.05) is 23.2 Å². The number of para-hydroxylation sites is 1. The van der Waals surface area contributed by atoms with Crippen LogP contribution in [-0.4, -0.2) is 23.8 Å². The highest BCUT2D eigenvalue weighted by atomic mass is 32.2. The molecule has 0 bridgehead atoms. The van der Waals surface area contributed by atoms with E-state index >= 15 is 0 Å². The normalized spacial score (nSPS) is 22.6. The van der Waals surface area contributed by atoms with Gasteiger partial charge < -0.3 is 10.1 Å². The van der Waals surface area contributed by atoms with Gasteiger partial charge in [-0.2, -0.15) is 13.2 Å². The number of hydrogen-bond acceptors (Lipinski definition) is 3. The average Bonchev–Trinajstić information content (AvgIpc) is 2.28. The van der Waals surface area contributed by atoms with Gasteiger partial charge >= 0.3 is 5.51 Å². The lowest BCUT2D eigenvalue weighted by Gasteiger charge is -2.36. The van der Waals surface area contributed by atoms with Crippen molar-refractivity contribution in [2.45, 2.75) is 48.7 Å². The molecule has 1 saturated heterocycles. The van der Waals surface area contributed by atoms with Crippen molar-refractivity contribution in [3.8, 4) is 0 Å². The molecule has 1 aromatic rings. The zero-order chi connectivity index (χ0) is 14.8. The van der Waals surface area contributed by atoms with Gasteiger partial charge in [-0.05, 0) is 50.6 Å². The van der Waals surface area contributed by atoms with Crippen LogP contribution in [0, 0.1) is 0 Å². The molecule has 0 spiro atoms. The third-order valence-corrected chi connectivity index (χ3v) is 3.98. The van der Waals surface area contributed by atoms with E-state index in [1.54, 1.807) is 18.2 Å². The summed E-state index contributed by atoms with van der Waals surface area (Å²) in [6.45, 7) is 4.62. The largest absolute Gasteiger partial charge is 0.446 e. The SMILES string of the molecule is CC1(C)CC(Nc2ccccc2SC(F)(F)F)CCO1. The van der Waals surface area contributed by atoms with E-state index in [4.69, 9.17) is 4.74 Å². The second-order valence-corrected chi connectivity index (χ2v) is 6.59.